The minimum Gasteiger partial charge on any atom is -0.468 e. The van der Waals surface area contributed by atoms with E-state index in [1.54, 1.807) is 31.2 Å². The minimum absolute atomic E-state index is 0. The van der Waals surface area contributed by atoms with Crippen molar-refractivity contribution in [1.82, 2.24) is 5.32 Å². The van der Waals surface area contributed by atoms with Gasteiger partial charge >= 0.3 is 18.0 Å². The molecule has 0 radical (unpaired) electrons. The van der Waals surface area contributed by atoms with Gasteiger partial charge in [0.2, 0.25) is 5.92 Å². The van der Waals surface area contributed by atoms with Crippen LogP contribution in [0.15, 0.2) is 30.3 Å². The van der Waals surface area contributed by atoms with Crippen molar-refractivity contribution < 1.29 is 46.2 Å². The van der Waals surface area contributed by atoms with Crippen molar-refractivity contribution in [2.75, 3.05) is 14.2 Å². The summed E-state index contributed by atoms with van der Waals surface area (Å²) < 4.78 is 67.6. The summed E-state index contributed by atoms with van der Waals surface area (Å²) in [5, 5.41) is 2.15. The van der Waals surface area contributed by atoms with E-state index < -0.39 is 54.8 Å². The quantitative estimate of drug-likeness (QED) is 0.139. The number of hydrogen-bond donors (Lipinski definition) is 2. The van der Waals surface area contributed by atoms with E-state index >= 15 is 0 Å². The Morgan fingerprint density at radius 2 is 1.36 bits per heavy atom. The number of nitrogens with one attached hydrogen (secondary N) is 1. The van der Waals surface area contributed by atoms with Crippen LogP contribution in [-0.4, -0.2) is 56.2 Å². The molecule has 0 heterocycles. The molecule has 1 amide bonds. The van der Waals surface area contributed by atoms with E-state index in [1.165, 1.54) is 0 Å². The minimum atomic E-state index is -3.07. The van der Waals surface area contributed by atoms with Crippen molar-refractivity contribution in [3.8, 4) is 0 Å². The van der Waals surface area contributed by atoms with Gasteiger partial charge < -0.3 is 25.3 Å². The molecule has 0 aliphatic carbocycles. The third-order valence-corrected chi connectivity index (χ3v) is 5.31. The summed E-state index contributed by atoms with van der Waals surface area (Å²) in [4.78, 5) is 34.2. The van der Waals surface area contributed by atoms with Crippen LogP contribution in [0.25, 0.3) is 0 Å². The van der Waals surface area contributed by atoms with Gasteiger partial charge in [-0.3, -0.25) is 4.79 Å². The topological polar surface area (TPSA) is 117 Å². The average molecular weight is 634 g/mol. The van der Waals surface area contributed by atoms with E-state index in [-0.39, 0.29) is 36.4 Å². The molecule has 3 N–H and O–H groups in total. The molecule has 0 fully saturated rings. The molecule has 0 aliphatic heterocycles. The van der Waals surface area contributed by atoms with Crippen LogP contribution in [0.2, 0.25) is 0 Å². The fraction of sp³-hybridized carbons (Fsp3) is 0.654. The Balaban J connectivity index is 0. The van der Waals surface area contributed by atoms with E-state index in [4.69, 9.17) is 10.5 Å². The van der Waals surface area contributed by atoms with Crippen molar-refractivity contribution >= 4 is 35.0 Å². The Hall–Kier alpha value is -2.41. The molecule has 0 bridgehead atoms. The number of alkyl carbamates (subject to hydrolysis) is 1. The smallest absolute Gasteiger partial charge is 0.408 e. The van der Waals surface area contributed by atoms with Gasteiger partial charge in [-0.25, -0.2) is 27.2 Å². The SMILES string of the molecule is Br.CCCCC(F)(F)C[C@H](N)C(=O)OC.CCCCC(F)(F)C[C@H](NC(=O)OCc1ccccc1)C(=O)OC. The third-order valence-electron chi connectivity index (χ3n) is 5.31. The Bertz CT molecular complexity index is 834. The second kappa shape index (κ2) is 20.5. The van der Waals surface area contributed by atoms with Crippen molar-refractivity contribution in [3.63, 3.8) is 0 Å². The zero-order valence-electron chi connectivity index (χ0n) is 22.9. The molecule has 1 aromatic rings. The van der Waals surface area contributed by atoms with Crippen LogP contribution in [0.1, 0.15) is 70.8 Å². The molecule has 8 nitrogen and oxygen atoms in total. The summed E-state index contributed by atoms with van der Waals surface area (Å²) in [6, 6.07) is 6.20. The Morgan fingerprint density at radius 3 is 1.82 bits per heavy atom. The van der Waals surface area contributed by atoms with Gasteiger partial charge in [0, 0.05) is 25.7 Å². The fourth-order valence-corrected chi connectivity index (χ4v) is 3.17. The van der Waals surface area contributed by atoms with Gasteiger partial charge in [0.15, 0.2) is 0 Å². The molecular weight excluding hydrogens is 592 g/mol. The van der Waals surface area contributed by atoms with Gasteiger partial charge in [0.05, 0.1) is 14.2 Å². The lowest BCUT2D eigenvalue weighted by Crippen LogP contribution is -2.45. The van der Waals surface area contributed by atoms with Crippen molar-refractivity contribution in [2.45, 2.75) is 95.7 Å². The molecular formula is C26H41BrF4N2O6. The number of nitrogens with two attached hydrogens (primary N) is 1. The molecule has 0 saturated carbocycles. The van der Waals surface area contributed by atoms with Gasteiger partial charge in [0.25, 0.3) is 5.92 Å². The lowest BCUT2D eigenvalue weighted by Gasteiger charge is -2.22. The maximum absolute atomic E-state index is 13.9. The number of rotatable bonds is 15. The molecule has 0 aromatic heterocycles. The maximum atomic E-state index is 13.9. The van der Waals surface area contributed by atoms with Crippen LogP contribution in [0, 0.1) is 0 Å². The van der Waals surface area contributed by atoms with E-state index in [9.17, 15) is 31.9 Å². The molecule has 0 aliphatic rings. The second-order valence-electron chi connectivity index (χ2n) is 8.74. The number of alkyl halides is 4. The van der Waals surface area contributed by atoms with E-state index in [0.717, 1.165) is 19.8 Å². The molecule has 226 valence electrons. The molecule has 0 spiro atoms. The van der Waals surface area contributed by atoms with Crippen LogP contribution in [0.5, 0.6) is 0 Å². The molecule has 0 saturated heterocycles. The fourth-order valence-electron chi connectivity index (χ4n) is 3.17. The van der Waals surface area contributed by atoms with Crippen molar-refractivity contribution in [1.29, 1.82) is 0 Å². The number of carbonyl (C=O) groups excluding carboxylic acids is 3. The first-order valence-corrected chi connectivity index (χ1v) is 12.4. The van der Waals surface area contributed by atoms with Gasteiger partial charge in [-0.1, -0.05) is 57.0 Å². The number of amides is 1. The standard InChI is InChI=1S/C17H23F2NO4.C9H17F2NO2.BrH/c1-3-4-10-17(18,19)11-14(15(21)23-2)20-16(22)24-12-13-8-6-5-7-9-13;1-3-4-5-9(10,11)6-7(12)8(13)14-2;/h5-9,14H,3-4,10-12H2,1-2H3,(H,20,22);7H,3-6,12H2,1-2H3;1H/t14-;7-;/m00./s1. The first-order chi connectivity index (χ1) is 17.8. The third kappa shape index (κ3) is 18.5. The molecule has 0 unspecified atom stereocenters. The summed E-state index contributed by atoms with van der Waals surface area (Å²) in [5.74, 6) is -7.66. The maximum Gasteiger partial charge on any atom is 0.408 e. The number of benzene rings is 1. The highest BCUT2D eigenvalue weighted by atomic mass is 79.9. The Kier molecular flexibility index (Phi) is 20.3. The average Bonchev–Trinajstić information content (AvgIpc) is 2.88. The number of unbranched alkanes of at least 4 members (excludes halogenated alkanes) is 2. The molecule has 39 heavy (non-hydrogen) atoms. The predicted octanol–water partition coefficient (Wildman–Crippen LogP) is 5.95. The van der Waals surface area contributed by atoms with Gasteiger partial charge in [0.1, 0.15) is 18.7 Å². The van der Waals surface area contributed by atoms with Crippen LogP contribution in [-0.2, 0) is 30.4 Å². The summed E-state index contributed by atoms with van der Waals surface area (Å²) in [6.45, 7) is 3.61. The van der Waals surface area contributed by atoms with Crippen LogP contribution < -0.4 is 11.1 Å². The van der Waals surface area contributed by atoms with Gasteiger partial charge in [-0.15, -0.1) is 17.0 Å². The zero-order valence-corrected chi connectivity index (χ0v) is 24.6. The Labute approximate surface area is 238 Å². The number of methoxy groups -OCH3 is 2. The zero-order chi connectivity index (χ0) is 29.2. The summed E-state index contributed by atoms with van der Waals surface area (Å²) in [5.41, 5.74) is 5.98. The number of ether oxygens (including phenoxy) is 3. The lowest BCUT2D eigenvalue weighted by molar-refractivity contribution is -0.146. The molecule has 1 aromatic carbocycles. The predicted molar refractivity (Wildman–Crippen MR) is 144 cm³/mol. The number of carbonyl (C=O) groups is 3. The number of halogens is 5. The highest BCUT2D eigenvalue weighted by molar-refractivity contribution is 8.93. The van der Waals surface area contributed by atoms with E-state index in [0.29, 0.717) is 25.7 Å². The highest BCUT2D eigenvalue weighted by Crippen LogP contribution is 2.28. The van der Waals surface area contributed by atoms with Gasteiger partial charge in [-0.2, -0.15) is 0 Å². The summed E-state index contributed by atoms with van der Waals surface area (Å²) in [7, 11) is 2.21. The second-order valence-corrected chi connectivity index (χ2v) is 8.74. The number of hydrogen-bond acceptors (Lipinski definition) is 7. The monoisotopic (exact) mass is 632 g/mol. The summed E-state index contributed by atoms with van der Waals surface area (Å²) in [6.07, 6.45) is -0.902. The summed E-state index contributed by atoms with van der Waals surface area (Å²) >= 11 is 0. The molecule has 1 rings (SSSR count). The first kappa shape index (κ1) is 38.7. The Morgan fingerprint density at radius 1 is 0.872 bits per heavy atom. The normalized spacial score (nSPS) is 12.5. The largest absolute Gasteiger partial charge is 0.468 e. The van der Waals surface area contributed by atoms with Crippen molar-refractivity contribution in [2.24, 2.45) is 5.73 Å². The molecule has 2 atom stereocenters. The van der Waals surface area contributed by atoms with Crippen LogP contribution in [0.4, 0.5) is 22.4 Å². The van der Waals surface area contributed by atoms with E-state index in [2.05, 4.69) is 14.8 Å². The van der Waals surface area contributed by atoms with Crippen molar-refractivity contribution in [3.05, 3.63) is 35.9 Å². The van der Waals surface area contributed by atoms with E-state index in [1.807, 2.05) is 13.0 Å². The number of esters is 2. The highest BCUT2D eigenvalue weighted by Gasteiger charge is 2.37. The lowest BCUT2D eigenvalue weighted by atomic mass is 10.0. The first-order valence-electron chi connectivity index (χ1n) is 12.4. The van der Waals surface area contributed by atoms with Crippen LogP contribution in [0.3, 0.4) is 0 Å². The van der Waals surface area contributed by atoms with Gasteiger partial charge in [-0.05, 0) is 18.4 Å². The van der Waals surface area contributed by atoms with Crippen LogP contribution >= 0.6 is 17.0 Å². The molecule has 13 heteroatoms.